The topological polar surface area (TPSA) is 49.7 Å². The third-order valence-corrected chi connectivity index (χ3v) is 11.1. The van der Waals surface area contributed by atoms with Crippen LogP contribution in [0, 0.1) is 46.3 Å². The van der Waals surface area contributed by atoms with E-state index in [1.54, 1.807) is 0 Å². The average Bonchev–Trinajstić information content (AvgIpc) is 3.02. The Bertz CT molecular complexity index is 651. The van der Waals surface area contributed by atoms with Gasteiger partial charge in [-0.3, -0.25) is 0 Å². The van der Waals surface area contributed by atoms with Crippen molar-refractivity contribution in [3.63, 3.8) is 0 Å². The Kier molecular flexibility index (Phi) is 6.18. The number of aliphatic hydroxyl groups is 2. The van der Waals surface area contributed by atoms with Crippen molar-refractivity contribution in [1.82, 2.24) is 0 Å². The maximum absolute atomic E-state index is 10.8. The standard InChI is InChI=1S/C28H50O3/c1-18(12-13-25(2,3)29)21-10-11-22-20-9-8-19-16-26(4,30)14-15-27(19,5)24(20)23(31-7)17-28(21,22)6/h18-24,29-30H,8-17H2,1-7H3/t18-,19+,20+,21?,22+,23+,24-,26+,27+,28-/m1/s1. The van der Waals surface area contributed by atoms with Crippen molar-refractivity contribution in [1.29, 1.82) is 0 Å². The van der Waals surface area contributed by atoms with Crippen molar-refractivity contribution in [2.45, 2.75) is 123 Å². The van der Waals surface area contributed by atoms with Crippen LogP contribution in [0.15, 0.2) is 0 Å². The van der Waals surface area contributed by atoms with Crippen LogP contribution < -0.4 is 0 Å². The smallest absolute Gasteiger partial charge is 0.0622 e. The quantitative estimate of drug-likeness (QED) is 0.541. The maximum atomic E-state index is 10.8. The van der Waals surface area contributed by atoms with Crippen LogP contribution in [0.2, 0.25) is 0 Å². The molecule has 3 heteroatoms. The Labute approximate surface area is 191 Å². The largest absolute Gasteiger partial charge is 0.390 e. The molecule has 0 bridgehead atoms. The van der Waals surface area contributed by atoms with Gasteiger partial charge in [0.2, 0.25) is 0 Å². The summed E-state index contributed by atoms with van der Waals surface area (Å²) in [5.74, 6) is 4.29. The number of hydrogen-bond acceptors (Lipinski definition) is 3. The molecule has 0 radical (unpaired) electrons. The van der Waals surface area contributed by atoms with Crippen LogP contribution in [0.3, 0.4) is 0 Å². The summed E-state index contributed by atoms with van der Waals surface area (Å²) in [5, 5.41) is 21.1. The van der Waals surface area contributed by atoms with Crippen LogP contribution in [0.1, 0.15) is 106 Å². The van der Waals surface area contributed by atoms with Crippen LogP contribution in [0.5, 0.6) is 0 Å². The van der Waals surface area contributed by atoms with E-state index in [-0.39, 0.29) is 0 Å². The van der Waals surface area contributed by atoms with Crippen LogP contribution in [-0.4, -0.2) is 34.6 Å². The van der Waals surface area contributed by atoms with E-state index in [1.807, 2.05) is 21.0 Å². The summed E-state index contributed by atoms with van der Waals surface area (Å²) in [4.78, 5) is 0. The van der Waals surface area contributed by atoms with E-state index >= 15 is 0 Å². The fourth-order valence-electron chi connectivity index (χ4n) is 9.50. The van der Waals surface area contributed by atoms with Crippen LogP contribution in [-0.2, 0) is 4.74 Å². The molecule has 4 saturated carbocycles. The van der Waals surface area contributed by atoms with E-state index in [2.05, 4.69) is 27.7 Å². The Hall–Kier alpha value is -0.120. The van der Waals surface area contributed by atoms with Gasteiger partial charge in [0.25, 0.3) is 0 Å². The van der Waals surface area contributed by atoms with Gasteiger partial charge in [-0.25, -0.2) is 0 Å². The van der Waals surface area contributed by atoms with Gasteiger partial charge >= 0.3 is 0 Å². The third-order valence-electron chi connectivity index (χ3n) is 11.1. The number of methoxy groups -OCH3 is 1. The van der Waals surface area contributed by atoms with Gasteiger partial charge in [-0.15, -0.1) is 0 Å². The van der Waals surface area contributed by atoms with Crippen LogP contribution in [0.25, 0.3) is 0 Å². The Morgan fingerprint density at radius 2 is 1.71 bits per heavy atom. The van der Waals surface area contributed by atoms with E-state index in [1.165, 1.54) is 32.1 Å². The minimum absolute atomic E-state index is 0.317. The highest BCUT2D eigenvalue weighted by Crippen LogP contribution is 2.69. The minimum Gasteiger partial charge on any atom is -0.390 e. The SMILES string of the molecule is CO[C@H]1C[C@]2(C)C([C@H](C)CCC(C)(C)O)CC[C@H]2[C@@H]2CC[C@H]3C[C@@](C)(O)CC[C@]3(C)[C@H]21. The first-order valence-electron chi connectivity index (χ1n) is 13.3. The predicted molar refractivity (Wildman–Crippen MR) is 127 cm³/mol. The highest BCUT2D eigenvalue weighted by atomic mass is 16.5. The summed E-state index contributed by atoms with van der Waals surface area (Å²) < 4.78 is 6.34. The molecule has 180 valence electrons. The van der Waals surface area contributed by atoms with E-state index in [9.17, 15) is 10.2 Å². The summed E-state index contributed by atoms with van der Waals surface area (Å²) in [7, 11) is 1.96. The van der Waals surface area contributed by atoms with Gasteiger partial charge < -0.3 is 14.9 Å². The molecule has 0 aromatic heterocycles. The first-order valence-corrected chi connectivity index (χ1v) is 13.3. The lowest BCUT2D eigenvalue weighted by molar-refractivity contribution is -0.197. The molecule has 0 amide bonds. The lowest BCUT2D eigenvalue weighted by Gasteiger charge is -2.64. The first-order chi connectivity index (χ1) is 14.3. The molecule has 4 aliphatic carbocycles. The molecule has 4 fully saturated rings. The molecule has 3 nitrogen and oxygen atoms in total. The van der Waals surface area contributed by atoms with E-state index in [0.29, 0.717) is 34.7 Å². The van der Waals surface area contributed by atoms with Gasteiger partial charge in [0.1, 0.15) is 0 Å². The van der Waals surface area contributed by atoms with E-state index < -0.39 is 11.2 Å². The number of fused-ring (bicyclic) bond motifs is 5. The van der Waals surface area contributed by atoms with Crippen molar-refractivity contribution in [2.24, 2.45) is 46.3 Å². The average molecular weight is 435 g/mol. The van der Waals surface area contributed by atoms with Crippen molar-refractivity contribution in [3.8, 4) is 0 Å². The summed E-state index contributed by atoms with van der Waals surface area (Å²) in [5.41, 5.74) is -0.353. The Balaban J connectivity index is 1.58. The summed E-state index contributed by atoms with van der Waals surface area (Å²) >= 11 is 0. The minimum atomic E-state index is -0.560. The molecule has 0 spiro atoms. The molecule has 31 heavy (non-hydrogen) atoms. The van der Waals surface area contributed by atoms with Crippen LogP contribution >= 0.6 is 0 Å². The highest BCUT2D eigenvalue weighted by Gasteiger charge is 2.64. The molecular weight excluding hydrogens is 384 g/mol. The number of rotatable bonds is 5. The summed E-state index contributed by atoms with van der Waals surface area (Å²) in [6.45, 7) is 13.5. The Morgan fingerprint density at radius 1 is 1.00 bits per heavy atom. The predicted octanol–water partition coefficient (Wildman–Crippen LogP) is 6.21. The molecule has 0 heterocycles. The maximum Gasteiger partial charge on any atom is 0.0622 e. The van der Waals surface area contributed by atoms with Gasteiger partial charge in [-0.05, 0) is 131 Å². The van der Waals surface area contributed by atoms with Gasteiger partial charge in [-0.1, -0.05) is 20.8 Å². The Morgan fingerprint density at radius 3 is 2.35 bits per heavy atom. The zero-order valence-corrected chi connectivity index (χ0v) is 21.4. The van der Waals surface area contributed by atoms with E-state index in [0.717, 1.165) is 49.9 Å². The van der Waals surface area contributed by atoms with Gasteiger partial charge in [-0.2, -0.15) is 0 Å². The molecule has 4 rings (SSSR count). The summed E-state index contributed by atoms with van der Waals surface area (Å²) in [6.07, 6.45) is 12.0. The molecule has 4 aliphatic rings. The molecule has 0 aliphatic heterocycles. The molecule has 0 saturated heterocycles. The lowest BCUT2D eigenvalue weighted by Crippen LogP contribution is -2.60. The second-order valence-electron chi connectivity index (χ2n) is 13.8. The molecule has 1 unspecified atom stereocenters. The fraction of sp³-hybridized carbons (Fsp3) is 1.00. The van der Waals surface area contributed by atoms with E-state index in [4.69, 9.17) is 4.74 Å². The third kappa shape index (κ3) is 4.14. The lowest BCUT2D eigenvalue weighted by atomic mass is 9.43. The zero-order valence-electron chi connectivity index (χ0n) is 21.4. The van der Waals surface area contributed by atoms with Crippen molar-refractivity contribution in [3.05, 3.63) is 0 Å². The molecule has 2 N–H and O–H groups in total. The summed E-state index contributed by atoms with van der Waals surface area (Å²) in [6, 6.07) is 0. The van der Waals surface area contributed by atoms with Gasteiger partial charge in [0.05, 0.1) is 17.3 Å². The van der Waals surface area contributed by atoms with Crippen LogP contribution in [0.4, 0.5) is 0 Å². The van der Waals surface area contributed by atoms with Crippen molar-refractivity contribution >= 4 is 0 Å². The highest BCUT2D eigenvalue weighted by molar-refractivity contribution is 5.13. The molecular formula is C28H50O3. The second-order valence-corrected chi connectivity index (χ2v) is 13.8. The van der Waals surface area contributed by atoms with Crippen molar-refractivity contribution in [2.75, 3.05) is 7.11 Å². The molecule has 10 atom stereocenters. The number of ether oxygens (including phenoxy) is 1. The molecule has 0 aromatic carbocycles. The van der Waals surface area contributed by atoms with Gasteiger partial charge in [0.15, 0.2) is 0 Å². The second kappa shape index (κ2) is 7.98. The van der Waals surface area contributed by atoms with Crippen molar-refractivity contribution < 1.29 is 14.9 Å². The monoisotopic (exact) mass is 434 g/mol. The first kappa shape index (κ1) is 24.0. The van der Waals surface area contributed by atoms with Gasteiger partial charge in [0, 0.05) is 7.11 Å². The number of hydrogen-bond donors (Lipinski definition) is 2. The normalized spacial score (nSPS) is 51.0. The fourth-order valence-corrected chi connectivity index (χ4v) is 9.50. The zero-order chi connectivity index (χ0) is 22.8. The molecule has 0 aromatic rings.